The Labute approximate surface area is 255 Å². The number of carbonyl (C=O) groups is 4. The van der Waals surface area contributed by atoms with Crippen LogP contribution in [0.5, 0.6) is 0 Å². The van der Waals surface area contributed by atoms with E-state index in [-0.39, 0.29) is 29.6 Å². The molecule has 0 bridgehead atoms. The molecular formula is C35H57NO6. The minimum atomic E-state index is -0.254. The topological polar surface area (TPSA) is 103 Å². The van der Waals surface area contributed by atoms with Crippen LogP contribution in [0.25, 0.3) is 0 Å². The number of allylic oxidation sites excluding steroid dienone is 4. The largest absolute Gasteiger partial charge is 0.461 e. The standard InChI is InChI=1S/C17H31NO2.C10H14O2.C6H6O2.C2H6/c1-14(13-16-10-6-7-11-16)17(20)18-15(2)9-5-3-4-8-12-19;1-4-5-6-7-9(2)8-12-10(3)11;1-5(7)6-3-2-4-8-6;1-2/h12,14-16H,3-11,13H2,1-2H3,(H,18,20);4-7H,1,8H2,2-3H3;2-4H,1H3;1-2H3/b;6-5-,9-7+;;. The lowest BCUT2D eigenvalue weighted by molar-refractivity contribution is -0.140. The van der Waals surface area contributed by atoms with Gasteiger partial charge >= 0.3 is 5.97 Å². The van der Waals surface area contributed by atoms with Gasteiger partial charge in [-0.25, -0.2) is 0 Å². The Balaban J connectivity index is 0. The van der Waals surface area contributed by atoms with Gasteiger partial charge in [0.2, 0.25) is 5.91 Å². The highest BCUT2D eigenvalue weighted by Crippen LogP contribution is 2.30. The van der Waals surface area contributed by atoms with Crippen molar-refractivity contribution >= 4 is 23.9 Å². The number of Topliss-reactive ketones (excluding diaryl/α,β-unsaturated/α-hetero) is 1. The summed E-state index contributed by atoms with van der Waals surface area (Å²) >= 11 is 0. The maximum Gasteiger partial charge on any atom is 0.302 e. The van der Waals surface area contributed by atoms with Gasteiger partial charge < -0.3 is 19.3 Å². The summed E-state index contributed by atoms with van der Waals surface area (Å²) in [6.07, 6.45) is 20.9. The van der Waals surface area contributed by atoms with E-state index in [4.69, 9.17) is 9.15 Å². The number of esters is 1. The number of carbonyl (C=O) groups excluding carboxylic acids is 4. The third kappa shape index (κ3) is 24.6. The monoisotopic (exact) mass is 587 g/mol. The third-order valence-corrected chi connectivity index (χ3v) is 6.46. The molecule has 1 aromatic heterocycles. The van der Waals surface area contributed by atoms with Gasteiger partial charge in [-0.15, -0.1) is 0 Å². The second-order valence-electron chi connectivity index (χ2n) is 10.4. The summed E-state index contributed by atoms with van der Waals surface area (Å²) in [5.74, 6) is 1.28. The molecule has 1 N–H and O–H groups in total. The van der Waals surface area contributed by atoms with Crippen molar-refractivity contribution in [3.63, 3.8) is 0 Å². The van der Waals surface area contributed by atoms with Crippen molar-refractivity contribution in [2.75, 3.05) is 6.61 Å². The zero-order valence-electron chi connectivity index (χ0n) is 27.3. The number of hydrogen-bond acceptors (Lipinski definition) is 6. The Morgan fingerprint density at radius 1 is 1.07 bits per heavy atom. The fourth-order valence-corrected chi connectivity index (χ4v) is 4.21. The molecular weight excluding hydrogens is 530 g/mol. The van der Waals surface area contributed by atoms with Crippen molar-refractivity contribution in [2.45, 2.75) is 119 Å². The molecule has 1 aliphatic carbocycles. The molecule has 1 saturated carbocycles. The number of ketones is 1. The Kier molecular flexibility index (Phi) is 27.2. The second-order valence-corrected chi connectivity index (χ2v) is 10.4. The van der Waals surface area contributed by atoms with E-state index < -0.39 is 0 Å². The molecule has 2 atom stereocenters. The van der Waals surface area contributed by atoms with Gasteiger partial charge in [-0.1, -0.05) is 90.2 Å². The molecule has 1 aliphatic rings. The first-order valence-electron chi connectivity index (χ1n) is 15.5. The average molecular weight is 588 g/mol. The van der Waals surface area contributed by atoms with Crippen LogP contribution in [-0.4, -0.2) is 36.6 Å². The zero-order valence-corrected chi connectivity index (χ0v) is 27.3. The number of amides is 1. The summed E-state index contributed by atoms with van der Waals surface area (Å²) in [5.41, 5.74) is 1.00. The zero-order chi connectivity index (χ0) is 32.2. The van der Waals surface area contributed by atoms with E-state index in [0.717, 1.165) is 49.9 Å². The van der Waals surface area contributed by atoms with Crippen LogP contribution in [0, 0.1) is 11.8 Å². The molecule has 1 amide bonds. The first kappa shape index (κ1) is 40.9. The highest BCUT2D eigenvalue weighted by molar-refractivity contribution is 5.91. The van der Waals surface area contributed by atoms with Gasteiger partial charge in [0, 0.05) is 32.2 Å². The van der Waals surface area contributed by atoms with Crippen molar-refractivity contribution < 1.29 is 28.3 Å². The molecule has 0 spiro atoms. The minimum absolute atomic E-state index is 0.0324. The summed E-state index contributed by atoms with van der Waals surface area (Å²) < 4.78 is 9.51. The number of rotatable bonds is 15. The molecule has 42 heavy (non-hydrogen) atoms. The van der Waals surface area contributed by atoms with E-state index in [1.54, 1.807) is 18.2 Å². The van der Waals surface area contributed by atoms with E-state index in [1.165, 1.54) is 45.8 Å². The Hall–Kier alpha value is -3.22. The molecule has 0 aromatic carbocycles. The van der Waals surface area contributed by atoms with Crippen LogP contribution in [0.15, 0.2) is 59.3 Å². The lowest BCUT2D eigenvalue weighted by Gasteiger charge is -2.19. The lowest BCUT2D eigenvalue weighted by Crippen LogP contribution is -2.36. The minimum Gasteiger partial charge on any atom is -0.461 e. The van der Waals surface area contributed by atoms with Crippen LogP contribution in [-0.2, 0) is 19.1 Å². The van der Waals surface area contributed by atoms with Gasteiger partial charge in [-0.2, -0.15) is 0 Å². The molecule has 2 unspecified atom stereocenters. The van der Waals surface area contributed by atoms with E-state index in [2.05, 4.69) is 25.7 Å². The smallest absolute Gasteiger partial charge is 0.302 e. The number of furan rings is 1. The number of aldehydes is 1. The van der Waals surface area contributed by atoms with E-state index in [0.29, 0.717) is 18.8 Å². The van der Waals surface area contributed by atoms with Gasteiger partial charge in [0.25, 0.3) is 0 Å². The summed E-state index contributed by atoms with van der Waals surface area (Å²) in [6.45, 7) is 16.8. The Morgan fingerprint density at radius 2 is 1.74 bits per heavy atom. The van der Waals surface area contributed by atoms with Crippen molar-refractivity contribution in [3.8, 4) is 0 Å². The predicted molar refractivity (Wildman–Crippen MR) is 172 cm³/mol. The van der Waals surface area contributed by atoms with Crippen LogP contribution in [0.1, 0.15) is 123 Å². The molecule has 2 rings (SSSR count). The van der Waals surface area contributed by atoms with Crippen LogP contribution in [0.2, 0.25) is 0 Å². The summed E-state index contributed by atoms with van der Waals surface area (Å²) in [6, 6.07) is 3.59. The van der Waals surface area contributed by atoms with Crippen molar-refractivity contribution in [3.05, 3.63) is 60.6 Å². The van der Waals surface area contributed by atoms with Gasteiger partial charge in [0.05, 0.1) is 6.26 Å². The molecule has 1 fully saturated rings. The molecule has 0 saturated heterocycles. The normalized spacial score (nSPS) is 14.1. The number of hydrogen-bond donors (Lipinski definition) is 1. The molecule has 1 heterocycles. The highest BCUT2D eigenvalue weighted by Gasteiger charge is 2.22. The SMILES string of the molecule is C=C/C=C\C=C(/C)COC(C)=O.CC.CC(=O)c1ccco1.CC(CCCCCC=O)NC(=O)C(C)CC1CCCC1. The van der Waals surface area contributed by atoms with Gasteiger partial charge in [0.1, 0.15) is 12.9 Å². The lowest BCUT2D eigenvalue weighted by atomic mass is 9.93. The van der Waals surface area contributed by atoms with Crippen molar-refractivity contribution in [1.29, 1.82) is 0 Å². The molecule has 7 heteroatoms. The van der Waals surface area contributed by atoms with E-state index in [9.17, 15) is 19.2 Å². The number of ether oxygens (including phenoxy) is 1. The van der Waals surface area contributed by atoms with Crippen LogP contribution >= 0.6 is 0 Å². The number of unbranched alkanes of at least 4 members (excludes halogenated alkanes) is 3. The maximum absolute atomic E-state index is 12.1. The average Bonchev–Trinajstić information content (AvgIpc) is 3.69. The second kappa shape index (κ2) is 27.9. The van der Waals surface area contributed by atoms with Gasteiger partial charge in [-0.3, -0.25) is 14.4 Å². The third-order valence-electron chi connectivity index (χ3n) is 6.46. The predicted octanol–water partition coefficient (Wildman–Crippen LogP) is 8.60. The van der Waals surface area contributed by atoms with Crippen LogP contribution in [0.3, 0.4) is 0 Å². The Morgan fingerprint density at radius 3 is 2.24 bits per heavy atom. The fourth-order valence-electron chi connectivity index (χ4n) is 4.21. The first-order chi connectivity index (χ1) is 20.1. The van der Waals surface area contributed by atoms with Crippen molar-refractivity contribution in [2.24, 2.45) is 11.8 Å². The van der Waals surface area contributed by atoms with Gasteiger partial charge in [-0.05, 0) is 56.7 Å². The molecule has 7 nitrogen and oxygen atoms in total. The fraction of sp³-hybridized carbons (Fsp3) is 0.600. The summed E-state index contributed by atoms with van der Waals surface area (Å²) in [5, 5.41) is 3.14. The van der Waals surface area contributed by atoms with E-state index >= 15 is 0 Å². The van der Waals surface area contributed by atoms with Crippen LogP contribution in [0.4, 0.5) is 0 Å². The first-order valence-corrected chi connectivity index (χ1v) is 15.5. The van der Waals surface area contributed by atoms with Crippen LogP contribution < -0.4 is 5.32 Å². The molecule has 0 aliphatic heterocycles. The number of nitrogens with one attached hydrogen (secondary N) is 1. The van der Waals surface area contributed by atoms with Gasteiger partial charge in [0.15, 0.2) is 11.5 Å². The molecule has 238 valence electrons. The quantitative estimate of drug-likeness (QED) is 0.0724. The highest BCUT2D eigenvalue weighted by atomic mass is 16.5. The molecule has 0 radical (unpaired) electrons. The maximum atomic E-state index is 12.1. The Bertz CT molecular complexity index is 910. The van der Waals surface area contributed by atoms with E-state index in [1.807, 2.05) is 39.0 Å². The summed E-state index contributed by atoms with van der Waals surface area (Å²) in [4.78, 5) is 43.1. The van der Waals surface area contributed by atoms with Crippen molar-refractivity contribution in [1.82, 2.24) is 5.32 Å². The summed E-state index contributed by atoms with van der Waals surface area (Å²) in [7, 11) is 0. The molecule has 1 aromatic rings.